The first-order chi connectivity index (χ1) is 9.24. The zero-order valence-electron chi connectivity index (χ0n) is 12.9. The average Bonchev–Trinajstić information content (AvgIpc) is 2.84. The third-order valence-electron chi connectivity index (χ3n) is 3.40. The Balaban J connectivity index is 2.52. The normalized spacial score (nSPS) is 12.8. The first-order valence-electron chi connectivity index (χ1n) is 7.55. The average molecular weight is 267 g/mol. The molecule has 1 atom stereocenters. The van der Waals surface area contributed by atoms with Crippen LogP contribution in [-0.2, 0) is 24.1 Å². The maximum absolute atomic E-state index is 5.57. The highest BCUT2D eigenvalue weighted by molar-refractivity contribution is 5.12. The van der Waals surface area contributed by atoms with E-state index < -0.39 is 0 Å². The molecule has 1 aromatic rings. The van der Waals surface area contributed by atoms with Gasteiger partial charge in [-0.25, -0.2) is 0 Å². The zero-order chi connectivity index (χ0) is 14.1. The summed E-state index contributed by atoms with van der Waals surface area (Å²) in [5, 5.41) is 7.99. The number of nitrogens with zero attached hydrogens (tertiary/aromatic N) is 2. The van der Waals surface area contributed by atoms with Crippen LogP contribution in [0.2, 0.25) is 0 Å². The van der Waals surface area contributed by atoms with Crippen molar-refractivity contribution in [3.63, 3.8) is 0 Å². The van der Waals surface area contributed by atoms with Gasteiger partial charge in [-0.3, -0.25) is 4.68 Å². The van der Waals surface area contributed by atoms with Gasteiger partial charge in [0.15, 0.2) is 0 Å². The quantitative estimate of drug-likeness (QED) is 0.662. The lowest BCUT2D eigenvalue weighted by Crippen LogP contribution is -2.30. The third-order valence-corrected chi connectivity index (χ3v) is 3.40. The van der Waals surface area contributed by atoms with E-state index in [1.165, 1.54) is 11.4 Å². The summed E-state index contributed by atoms with van der Waals surface area (Å²) < 4.78 is 7.69. The maximum atomic E-state index is 5.57. The Kier molecular flexibility index (Phi) is 7.75. The lowest BCUT2D eigenvalue weighted by molar-refractivity contribution is 0.125. The predicted octanol–water partition coefficient (Wildman–Crippen LogP) is 2.41. The van der Waals surface area contributed by atoms with E-state index in [9.17, 15) is 0 Å². The molecule has 0 saturated carbocycles. The number of rotatable bonds is 10. The van der Waals surface area contributed by atoms with Crippen molar-refractivity contribution in [1.29, 1.82) is 0 Å². The van der Waals surface area contributed by atoms with E-state index in [0.29, 0.717) is 6.04 Å². The van der Waals surface area contributed by atoms with Crippen LogP contribution < -0.4 is 5.32 Å². The smallest absolute Gasteiger partial charge is 0.0624 e. The highest BCUT2D eigenvalue weighted by Gasteiger charge is 2.12. The largest absolute Gasteiger partial charge is 0.381 e. The van der Waals surface area contributed by atoms with Crippen LogP contribution in [0, 0.1) is 0 Å². The molecule has 1 aromatic heterocycles. The molecule has 0 radical (unpaired) electrons. The molecular formula is C15H29N3O. The summed E-state index contributed by atoms with van der Waals surface area (Å²) in [5.41, 5.74) is 2.52. The zero-order valence-corrected chi connectivity index (χ0v) is 12.9. The van der Waals surface area contributed by atoms with Crippen LogP contribution in [0.5, 0.6) is 0 Å². The number of hydrogen-bond acceptors (Lipinski definition) is 3. The lowest BCUT2D eigenvalue weighted by atomic mass is 10.1. The number of likely N-dealkylation sites (N-methyl/N-ethyl adjacent to an activating group) is 1. The van der Waals surface area contributed by atoms with Gasteiger partial charge in [-0.05, 0) is 39.3 Å². The minimum Gasteiger partial charge on any atom is -0.381 e. The van der Waals surface area contributed by atoms with E-state index in [2.05, 4.69) is 41.9 Å². The summed E-state index contributed by atoms with van der Waals surface area (Å²) in [7, 11) is 2.03. The van der Waals surface area contributed by atoms with Crippen molar-refractivity contribution in [2.75, 3.05) is 20.3 Å². The molecule has 1 rings (SSSR count). The topological polar surface area (TPSA) is 39.1 Å². The number of ether oxygens (including phenoxy) is 1. The highest BCUT2D eigenvalue weighted by Crippen LogP contribution is 2.10. The summed E-state index contributed by atoms with van der Waals surface area (Å²) >= 11 is 0. The van der Waals surface area contributed by atoms with Gasteiger partial charge in [-0.15, -0.1) is 0 Å². The van der Waals surface area contributed by atoms with E-state index in [1.54, 1.807) is 0 Å². The van der Waals surface area contributed by atoms with Gasteiger partial charge >= 0.3 is 0 Å². The second-order valence-corrected chi connectivity index (χ2v) is 4.89. The molecule has 4 heteroatoms. The molecule has 1 N–H and O–H groups in total. The Hall–Kier alpha value is -0.870. The van der Waals surface area contributed by atoms with Crippen molar-refractivity contribution in [3.8, 4) is 0 Å². The molecule has 4 nitrogen and oxygen atoms in total. The number of aryl methyl sites for hydroxylation is 2. The SMILES string of the molecule is CCCOCCC(Cc1cc(CC)nn1CC)NC. The van der Waals surface area contributed by atoms with Crippen LogP contribution >= 0.6 is 0 Å². The molecule has 110 valence electrons. The molecular weight excluding hydrogens is 238 g/mol. The second-order valence-electron chi connectivity index (χ2n) is 4.89. The molecule has 1 unspecified atom stereocenters. The van der Waals surface area contributed by atoms with E-state index >= 15 is 0 Å². The van der Waals surface area contributed by atoms with E-state index in [0.717, 1.165) is 45.4 Å². The predicted molar refractivity (Wildman–Crippen MR) is 79.6 cm³/mol. The summed E-state index contributed by atoms with van der Waals surface area (Å²) in [4.78, 5) is 0. The summed E-state index contributed by atoms with van der Waals surface area (Å²) in [6.07, 6.45) is 4.16. The summed E-state index contributed by atoms with van der Waals surface area (Å²) in [6, 6.07) is 2.70. The van der Waals surface area contributed by atoms with Crippen LogP contribution in [-0.4, -0.2) is 36.1 Å². The van der Waals surface area contributed by atoms with Crippen molar-refractivity contribution >= 4 is 0 Å². The number of nitrogens with one attached hydrogen (secondary N) is 1. The van der Waals surface area contributed by atoms with E-state index in [4.69, 9.17) is 4.74 Å². The molecule has 1 heterocycles. The molecule has 19 heavy (non-hydrogen) atoms. The van der Waals surface area contributed by atoms with Crippen molar-refractivity contribution in [3.05, 3.63) is 17.5 Å². The van der Waals surface area contributed by atoms with Gasteiger partial charge in [0.25, 0.3) is 0 Å². The Bertz CT molecular complexity index is 349. The molecule has 0 aliphatic carbocycles. The fraction of sp³-hybridized carbons (Fsp3) is 0.800. The molecule has 0 aromatic carbocycles. The van der Waals surface area contributed by atoms with Gasteiger partial charge in [-0.1, -0.05) is 13.8 Å². The standard InChI is InChI=1S/C15H29N3O/c1-5-9-19-10-8-14(16-4)12-15-11-13(6-2)17-18(15)7-3/h11,14,16H,5-10,12H2,1-4H3. The van der Waals surface area contributed by atoms with Gasteiger partial charge in [0.2, 0.25) is 0 Å². The molecule has 0 aliphatic heterocycles. The third kappa shape index (κ3) is 5.33. The minimum absolute atomic E-state index is 0.462. The van der Waals surface area contributed by atoms with Gasteiger partial charge in [0, 0.05) is 37.9 Å². The number of aromatic nitrogens is 2. The Morgan fingerprint density at radius 3 is 2.68 bits per heavy atom. The molecule has 0 saturated heterocycles. The van der Waals surface area contributed by atoms with Gasteiger partial charge in [0.05, 0.1) is 5.69 Å². The van der Waals surface area contributed by atoms with E-state index in [-0.39, 0.29) is 0 Å². The highest BCUT2D eigenvalue weighted by atomic mass is 16.5. The van der Waals surface area contributed by atoms with Crippen molar-refractivity contribution < 1.29 is 4.74 Å². The van der Waals surface area contributed by atoms with Crippen LogP contribution in [0.3, 0.4) is 0 Å². The molecule has 0 spiro atoms. The molecule has 0 fully saturated rings. The fourth-order valence-corrected chi connectivity index (χ4v) is 2.20. The van der Waals surface area contributed by atoms with Crippen molar-refractivity contribution in [2.24, 2.45) is 0 Å². The maximum Gasteiger partial charge on any atom is 0.0624 e. The Morgan fingerprint density at radius 2 is 2.11 bits per heavy atom. The monoisotopic (exact) mass is 267 g/mol. The van der Waals surface area contributed by atoms with Crippen LogP contribution in [0.25, 0.3) is 0 Å². The van der Waals surface area contributed by atoms with Gasteiger partial charge < -0.3 is 10.1 Å². The lowest BCUT2D eigenvalue weighted by Gasteiger charge is -2.16. The molecule has 0 amide bonds. The molecule has 0 aliphatic rings. The second kappa shape index (κ2) is 9.10. The van der Waals surface area contributed by atoms with Crippen LogP contribution in [0.4, 0.5) is 0 Å². The van der Waals surface area contributed by atoms with Crippen molar-refractivity contribution in [2.45, 2.75) is 59.0 Å². The molecule has 0 bridgehead atoms. The minimum atomic E-state index is 0.462. The van der Waals surface area contributed by atoms with Gasteiger partial charge in [-0.2, -0.15) is 5.10 Å². The first-order valence-corrected chi connectivity index (χ1v) is 7.55. The van der Waals surface area contributed by atoms with Crippen LogP contribution in [0.1, 0.15) is 45.0 Å². The fourth-order valence-electron chi connectivity index (χ4n) is 2.20. The van der Waals surface area contributed by atoms with Crippen molar-refractivity contribution in [1.82, 2.24) is 15.1 Å². The Morgan fingerprint density at radius 1 is 1.32 bits per heavy atom. The van der Waals surface area contributed by atoms with E-state index in [1.807, 2.05) is 7.05 Å². The number of hydrogen-bond donors (Lipinski definition) is 1. The summed E-state index contributed by atoms with van der Waals surface area (Å²) in [6.45, 7) is 9.08. The summed E-state index contributed by atoms with van der Waals surface area (Å²) in [5.74, 6) is 0. The Labute approximate surface area is 117 Å². The van der Waals surface area contributed by atoms with Gasteiger partial charge in [0.1, 0.15) is 0 Å². The first kappa shape index (κ1) is 16.2. The van der Waals surface area contributed by atoms with Crippen LogP contribution in [0.15, 0.2) is 6.07 Å².